The molecule has 0 aliphatic carbocycles. The van der Waals surface area contributed by atoms with Crippen molar-refractivity contribution in [3.05, 3.63) is 101 Å². The number of hydrogen-bond acceptors (Lipinski definition) is 7. The van der Waals surface area contributed by atoms with Crippen molar-refractivity contribution in [2.24, 2.45) is 0 Å². The van der Waals surface area contributed by atoms with Gasteiger partial charge in [-0.15, -0.1) is 11.3 Å². The van der Waals surface area contributed by atoms with Gasteiger partial charge in [0.2, 0.25) is 21.8 Å². The van der Waals surface area contributed by atoms with Crippen molar-refractivity contribution >= 4 is 50.0 Å². The van der Waals surface area contributed by atoms with Crippen LogP contribution >= 0.6 is 11.3 Å². The zero-order chi connectivity index (χ0) is 26.3. The van der Waals surface area contributed by atoms with Crippen LogP contribution in [0.25, 0.3) is 22.6 Å². The van der Waals surface area contributed by atoms with Gasteiger partial charge in [0, 0.05) is 17.0 Å². The van der Waals surface area contributed by atoms with Gasteiger partial charge in [-0.2, -0.15) is 4.31 Å². The summed E-state index contributed by atoms with van der Waals surface area (Å²) in [6.07, 6.45) is -0.247. The third-order valence-electron chi connectivity index (χ3n) is 6.38. The number of para-hydroxylation sites is 2. The summed E-state index contributed by atoms with van der Waals surface area (Å²) in [6, 6.07) is 24.5. The Morgan fingerprint density at radius 3 is 2.37 bits per heavy atom. The van der Waals surface area contributed by atoms with Crippen molar-refractivity contribution in [3.8, 4) is 11.5 Å². The van der Waals surface area contributed by atoms with Gasteiger partial charge >= 0.3 is 0 Å². The third kappa shape index (κ3) is 4.32. The number of rotatable bonds is 7. The van der Waals surface area contributed by atoms with Gasteiger partial charge in [0.25, 0.3) is 5.91 Å². The average Bonchev–Trinajstić information content (AvgIpc) is 3.67. The van der Waals surface area contributed by atoms with Crippen LogP contribution in [0.15, 0.2) is 106 Å². The first-order valence-electron chi connectivity index (χ1n) is 11.8. The molecule has 1 aliphatic rings. The van der Waals surface area contributed by atoms with Crippen LogP contribution in [0.5, 0.6) is 0 Å². The van der Waals surface area contributed by atoms with E-state index in [0.717, 1.165) is 19.6 Å². The first kappa shape index (κ1) is 24.2. The first-order valence-corrected chi connectivity index (χ1v) is 14.2. The molecule has 3 heterocycles. The van der Waals surface area contributed by atoms with E-state index in [9.17, 15) is 18.0 Å². The van der Waals surface area contributed by atoms with Crippen molar-refractivity contribution < 1.29 is 22.4 Å². The number of oxazole rings is 1. The maximum Gasteiger partial charge on any atom is 0.252 e. The number of amides is 2. The summed E-state index contributed by atoms with van der Waals surface area (Å²) in [5, 5.41) is 1.84. The summed E-state index contributed by atoms with van der Waals surface area (Å²) in [6.45, 7) is -0.0108. The van der Waals surface area contributed by atoms with E-state index in [1.165, 1.54) is 23.5 Å². The molecule has 1 atom stereocenters. The summed E-state index contributed by atoms with van der Waals surface area (Å²) in [7, 11) is -4.06. The number of thiophene rings is 1. The Morgan fingerprint density at radius 2 is 1.66 bits per heavy atom. The summed E-state index contributed by atoms with van der Waals surface area (Å²) in [5.41, 5.74) is 2.43. The van der Waals surface area contributed by atoms with Crippen molar-refractivity contribution in [2.45, 2.75) is 23.9 Å². The number of sulfonamides is 1. The van der Waals surface area contributed by atoms with Gasteiger partial charge < -0.3 is 4.42 Å². The lowest BCUT2D eigenvalue weighted by Gasteiger charge is -2.26. The Balaban J connectivity index is 1.31. The minimum Gasteiger partial charge on any atom is -0.436 e. The van der Waals surface area contributed by atoms with Crippen molar-refractivity contribution in [3.63, 3.8) is 0 Å². The molecule has 190 valence electrons. The van der Waals surface area contributed by atoms with E-state index in [1.54, 1.807) is 42.5 Å². The first-order chi connectivity index (χ1) is 18.4. The topological polar surface area (TPSA) is 101 Å². The lowest BCUT2D eigenvalue weighted by molar-refractivity contribution is -0.122. The van der Waals surface area contributed by atoms with E-state index in [2.05, 4.69) is 4.98 Å². The Morgan fingerprint density at radius 1 is 0.921 bits per heavy atom. The fourth-order valence-electron chi connectivity index (χ4n) is 4.51. The highest BCUT2D eigenvalue weighted by molar-refractivity contribution is 7.89. The molecular weight excluding hydrogens is 522 g/mol. The number of carbonyl (C=O) groups excluding carboxylic acids is 2. The summed E-state index contributed by atoms with van der Waals surface area (Å²) >= 11 is 1.39. The fraction of sp³-hybridized carbons (Fsp3) is 0.107. The molecule has 38 heavy (non-hydrogen) atoms. The summed E-state index contributed by atoms with van der Waals surface area (Å²) in [5.74, 6) is -0.625. The highest BCUT2D eigenvalue weighted by atomic mass is 32.2. The molecule has 0 N–H and O–H groups in total. The predicted molar refractivity (Wildman–Crippen MR) is 144 cm³/mol. The molecule has 2 amide bonds. The SMILES string of the molecule is O=C1CC(N(Cc2cccs2)S(=O)(=O)c2ccccc2)C(=O)N1c1ccc(-c2nc3ccccc3o2)cc1. The zero-order valence-corrected chi connectivity index (χ0v) is 21.6. The number of fused-ring (bicyclic) bond motifs is 1. The molecule has 1 aliphatic heterocycles. The number of aromatic nitrogens is 1. The molecule has 3 aromatic carbocycles. The molecule has 1 saturated heterocycles. The highest BCUT2D eigenvalue weighted by Gasteiger charge is 2.47. The molecule has 8 nitrogen and oxygen atoms in total. The van der Waals surface area contributed by atoms with E-state index in [0.29, 0.717) is 22.7 Å². The largest absolute Gasteiger partial charge is 0.436 e. The van der Waals surface area contributed by atoms with Crippen LogP contribution in [0.4, 0.5) is 5.69 Å². The predicted octanol–water partition coefficient (Wildman–Crippen LogP) is 5.08. The van der Waals surface area contributed by atoms with Gasteiger partial charge in [-0.05, 0) is 60.0 Å². The molecular formula is C28H21N3O5S2. The van der Waals surface area contributed by atoms with Crippen LogP contribution in [0, 0.1) is 0 Å². The number of imide groups is 1. The van der Waals surface area contributed by atoms with E-state index in [-0.39, 0.29) is 17.9 Å². The molecule has 5 aromatic rings. The molecule has 1 unspecified atom stereocenters. The lowest BCUT2D eigenvalue weighted by Crippen LogP contribution is -2.44. The summed E-state index contributed by atoms with van der Waals surface area (Å²) < 4.78 is 34.2. The van der Waals surface area contributed by atoms with Crippen LogP contribution in [0.1, 0.15) is 11.3 Å². The minimum atomic E-state index is -4.06. The normalized spacial score (nSPS) is 16.1. The van der Waals surface area contributed by atoms with Crippen LogP contribution in [-0.4, -0.2) is 35.6 Å². The number of benzene rings is 3. The van der Waals surface area contributed by atoms with E-state index in [1.807, 2.05) is 41.8 Å². The Hall–Kier alpha value is -4.12. The second-order valence-corrected chi connectivity index (χ2v) is 11.7. The van der Waals surface area contributed by atoms with Crippen molar-refractivity contribution in [2.75, 3.05) is 4.90 Å². The Bertz CT molecular complexity index is 1700. The molecule has 10 heteroatoms. The fourth-order valence-corrected chi connectivity index (χ4v) is 6.87. The van der Waals surface area contributed by atoms with Crippen LogP contribution in [0.3, 0.4) is 0 Å². The maximum absolute atomic E-state index is 13.6. The number of nitrogens with zero attached hydrogens (tertiary/aromatic N) is 3. The van der Waals surface area contributed by atoms with Gasteiger partial charge in [0.05, 0.1) is 17.0 Å². The van der Waals surface area contributed by atoms with Crippen LogP contribution in [-0.2, 0) is 26.2 Å². The van der Waals surface area contributed by atoms with E-state index >= 15 is 0 Å². The monoisotopic (exact) mass is 543 g/mol. The van der Waals surface area contributed by atoms with Gasteiger partial charge in [0.1, 0.15) is 11.6 Å². The number of anilines is 1. The second kappa shape index (κ2) is 9.64. The smallest absolute Gasteiger partial charge is 0.252 e. The quantitative estimate of drug-likeness (QED) is 0.266. The van der Waals surface area contributed by atoms with E-state index < -0.39 is 27.9 Å². The lowest BCUT2D eigenvalue weighted by atomic mass is 10.2. The van der Waals surface area contributed by atoms with Crippen LogP contribution < -0.4 is 4.90 Å². The van der Waals surface area contributed by atoms with Crippen molar-refractivity contribution in [1.82, 2.24) is 9.29 Å². The molecule has 0 spiro atoms. The highest BCUT2D eigenvalue weighted by Crippen LogP contribution is 2.33. The molecule has 0 saturated carbocycles. The van der Waals surface area contributed by atoms with Gasteiger partial charge in [-0.25, -0.2) is 18.3 Å². The molecule has 6 rings (SSSR count). The Kier molecular flexibility index (Phi) is 6.15. The molecule has 2 aromatic heterocycles. The molecule has 0 radical (unpaired) electrons. The zero-order valence-electron chi connectivity index (χ0n) is 19.9. The molecule has 0 bridgehead atoms. The minimum absolute atomic E-state index is 0.0108. The average molecular weight is 544 g/mol. The van der Waals surface area contributed by atoms with Crippen LogP contribution in [0.2, 0.25) is 0 Å². The van der Waals surface area contributed by atoms with Gasteiger partial charge in [0.15, 0.2) is 5.58 Å². The Labute approximate surface area is 222 Å². The standard InChI is InChI=1S/C28H21N3O5S2/c32-26-17-24(30(18-21-7-6-16-37-21)38(34,35)22-8-2-1-3-9-22)28(33)31(26)20-14-12-19(13-15-20)27-29-23-10-4-5-11-25(23)36-27/h1-16,24H,17-18H2. The van der Waals surface area contributed by atoms with Gasteiger partial charge in [-0.1, -0.05) is 36.4 Å². The second-order valence-electron chi connectivity index (χ2n) is 8.76. The summed E-state index contributed by atoms with van der Waals surface area (Å²) in [4.78, 5) is 33.1. The molecule has 1 fully saturated rings. The maximum atomic E-state index is 13.6. The number of hydrogen-bond donors (Lipinski definition) is 0. The van der Waals surface area contributed by atoms with Crippen molar-refractivity contribution in [1.29, 1.82) is 0 Å². The van der Waals surface area contributed by atoms with Gasteiger partial charge in [-0.3, -0.25) is 9.59 Å². The van der Waals surface area contributed by atoms with E-state index in [4.69, 9.17) is 4.42 Å². The third-order valence-corrected chi connectivity index (χ3v) is 9.11. The number of carbonyl (C=O) groups is 2.